The Morgan fingerprint density at radius 1 is 0.207 bits per heavy atom. The Balaban J connectivity index is 0.994. The predicted octanol–water partition coefficient (Wildman–Crippen LogP) is 15.9. The lowest BCUT2D eigenvalue weighted by Gasteiger charge is -2.27. The molecular formula is C56H40N2. The monoisotopic (exact) mass is 740 g/mol. The fourth-order valence-electron chi connectivity index (χ4n) is 8.07. The van der Waals surface area contributed by atoms with E-state index in [-0.39, 0.29) is 0 Å². The average molecular weight is 741 g/mol. The first-order valence-electron chi connectivity index (χ1n) is 19.8. The Kier molecular flexibility index (Phi) is 9.27. The Hall–Kier alpha value is -7.68. The smallest absolute Gasteiger partial charge is 0.0540 e. The third kappa shape index (κ3) is 6.89. The molecule has 0 heterocycles. The van der Waals surface area contributed by atoms with Crippen molar-refractivity contribution in [1.82, 2.24) is 0 Å². The topological polar surface area (TPSA) is 6.48 Å². The molecule has 2 nitrogen and oxygen atoms in total. The van der Waals surface area contributed by atoms with Gasteiger partial charge in [0.15, 0.2) is 0 Å². The fraction of sp³-hybridized carbons (Fsp3) is 0. The molecule has 0 aromatic heterocycles. The van der Waals surface area contributed by atoms with Crippen molar-refractivity contribution in [2.75, 3.05) is 9.80 Å². The standard InChI is InChI=1S/C56H40N2/c1-3-12-41(13-4-1)44-22-31-50(32-23-44)57(51-33-24-45(25-34-51)42-14-5-2-6-15-42)52-35-26-46(27-36-52)47-28-37-53(38-29-47)58(54-39-30-43-16-7-8-18-49(43)40-54)56-21-11-19-48-17-9-10-20-55(48)56/h1-40H. The summed E-state index contributed by atoms with van der Waals surface area (Å²) in [5.74, 6) is 0. The van der Waals surface area contributed by atoms with Crippen LogP contribution >= 0.6 is 0 Å². The largest absolute Gasteiger partial charge is 0.311 e. The van der Waals surface area contributed by atoms with E-state index in [2.05, 4.69) is 252 Å². The van der Waals surface area contributed by atoms with Crippen molar-refractivity contribution in [1.29, 1.82) is 0 Å². The third-order valence-electron chi connectivity index (χ3n) is 11.0. The van der Waals surface area contributed by atoms with E-state index in [0.29, 0.717) is 0 Å². The lowest BCUT2D eigenvalue weighted by Crippen LogP contribution is -2.10. The maximum atomic E-state index is 2.38. The van der Waals surface area contributed by atoms with Gasteiger partial charge in [-0.3, -0.25) is 0 Å². The molecule has 10 rings (SSSR count). The lowest BCUT2D eigenvalue weighted by atomic mass is 10.0. The lowest BCUT2D eigenvalue weighted by molar-refractivity contribution is 1.28. The van der Waals surface area contributed by atoms with Gasteiger partial charge in [0.25, 0.3) is 0 Å². The van der Waals surface area contributed by atoms with Crippen LogP contribution < -0.4 is 9.80 Å². The second-order valence-electron chi connectivity index (χ2n) is 14.6. The van der Waals surface area contributed by atoms with Gasteiger partial charge in [-0.05, 0) is 116 Å². The summed E-state index contributed by atoms with van der Waals surface area (Å²) < 4.78 is 0. The van der Waals surface area contributed by atoms with Crippen molar-refractivity contribution in [2.45, 2.75) is 0 Å². The molecule has 0 saturated heterocycles. The third-order valence-corrected chi connectivity index (χ3v) is 11.0. The zero-order valence-corrected chi connectivity index (χ0v) is 32.0. The van der Waals surface area contributed by atoms with Crippen molar-refractivity contribution in [3.8, 4) is 33.4 Å². The molecule has 0 N–H and O–H groups in total. The normalized spacial score (nSPS) is 11.1. The number of fused-ring (bicyclic) bond motifs is 2. The summed E-state index contributed by atoms with van der Waals surface area (Å²) in [6.45, 7) is 0. The molecule has 0 amide bonds. The van der Waals surface area contributed by atoms with Crippen LogP contribution in [0.2, 0.25) is 0 Å². The molecule has 274 valence electrons. The molecule has 0 spiro atoms. The number of nitrogens with zero attached hydrogens (tertiary/aromatic N) is 2. The summed E-state index contributed by atoms with van der Waals surface area (Å²) in [6.07, 6.45) is 0. The molecule has 0 aliphatic carbocycles. The molecule has 0 bridgehead atoms. The van der Waals surface area contributed by atoms with Gasteiger partial charge in [-0.2, -0.15) is 0 Å². The summed E-state index contributed by atoms with van der Waals surface area (Å²) in [7, 11) is 0. The van der Waals surface area contributed by atoms with E-state index < -0.39 is 0 Å². The van der Waals surface area contributed by atoms with Crippen LogP contribution in [-0.2, 0) is 0 Å². The minimum atomic E-state index is 1.10. The highest BCUT2D eigenvalue weighted by Crippen LogP contribution is 2.42. The fourth-order valence-corrected chi connectivity index (χ4v) is 8.07. The second-order valence-corrected chi connectivity index (χ2v) is 14.6. The van der Waals surface area contributed by atoms with E-state index >= 15 is 0 Å². The highest BCUT2D eigenvalue weighted by atomic mass is 15.1. The Labute approximate surface area is 340 Å². The molecule has 58 heavy (non-hydrogen) atoms. The van der Waals surface area contributed by atoms with E-state index in [1.165, 1.54) is 43.8 Å². The molecule has 0 unspecified atom stereocenters. The maximum absolute atomic E-state index is 2.38. The van der Waals surface area contributed by atoms with Gasteiger partial charge in [0.05, 0.1) is 5.69 Å². The first kappa shape index (κ1) is 34.8. The molecule has 0 atom stereocenters. The predicted molar refractivity (Wildman–Crippen MR) is 247 cm³/mol. The van der Waals surface area contributed by atoms with Crippen LogP contribution in [0.25, 0.3) is 54.9 Å². The number of hydrogen-bond acceptors (Lipinski definition) is 2. The number of rotatable bonds is 9. The van der Waals surface area contributed by atoms with Crippen LogP contribution in [0.5, 0.6) is 0 Å². The van der Waals surface area contributed by atoms with Gasteiger partial charge in [0, 0.05) is 33.8 Å². The van der Waals surface area contributed by atoms with Gasteiger partial charge < -0.3 is 9.80 Å². The zero-order valence-electron chi connectivity index (χ0n) is 32.0. The van der Waals surface area contributed by atoms with Crippen molar-refractivity contribution in [3.63, 3.8) is 0 Å². The minimum absolute atomic E-state index is 1.10. The molecule has 0 aliphatic rings. The minimum Gasteiger partial charge on any atom is -0.311 e. The molecule has 0 aliphatic heterocycles. The summed E-state index contributed by atoms with van der Waals surface area (Å²) >= 11 is 0. The van der Waals surface area contributed by atoms with Gasteiger partial charge in [-0.15, -0.1) is 0 Å². The Bertz CT molecular complexity index is 2870. The van der Waals surface area contributed by atoms with E-state index in [0.717, 1.165) is 45.3 Å². The molecule has 0 fully saturated rings. The van der Waals surface area contributed by atoms with Gasteiger partial charge in [-0.1, -0.05) is 176 Å². The number of anilines is 6. The maximum Gasteiger partial charge on any atom is 0.0540 e. The SMILES string of the molecule is c1ccc(-c2ccc(N(c3ccc(-c4ccccc4)cc3)c3ccc(-c4ccc(N(c5ccc6ccccc6c5)c5cccc6ccccc56)cc4)cc3)cc2)cc1. The first-order chi connectivity index (χ1) is 28.7. The van der Waals surface area contributed by atoms with Crippen LogP contribution in [-0.4, -0.2) is 0 Å². The number of benzene rings is 10. The molecular weight excluding hydrogens is 701 g/mol. The second kappa shape index (κ2) is 15.5. The van der Waals surface area contributed by atoms with Crippen LogP contribution in [0.15, 0.2) is 243 Å². The number of hydrogen-bond donors (Lipinski definition) is 0. The van der Waals surface area contributed by atoms with Crippen LogP contribution in [0, 0.1) is 0 Å². The van der Waals surface area contributed by atoms with Crippen molar-refractivity contribution >= 4 is 55.7 Å². The van der Waals surface area contributed by atoms with Gasteiger partial charge >= 0.3 is 0 Å². The van der Waals surface area contributed by atoms with E-state index in [1.54, 1.807) is 0 Å². The van der Waals surface area contributed by atoms with Gasteiger partial charge in [0.1, 0.15) is 0 Å². The van der Waals surface area contributed by atoms with Crippen LogP contribution in [0.4, 0.5) is 34.1 Å². The highest BCUT2D eigenvalue weighted by molar-refractivity contribution is 6.00. The quantitative estimate of drug-likeness (QED) is 0.145. The van der Waals surface area contributed by atoms with Gasteiger partial charge in [-0.25, -0.2) is 0 Å². The summed E-state index contributed by atoms with van der Waals surface area (Å²) in [6, 6.07) is 87.2. The van der Waals surface area contributed by atoms with Crippen molar-refractivity contribution < 1.29 is 0 Å². The summed E-state index contributed by atoms with van der Waals surface area (Å²) in [4.78, 5) is 4.72. The molecule has 10 aromatic rings. The van der Waals surface area contributed by atoms with Crippen LogP contribution in [0.1, 0.15) is 0 Å². The Morgan fingerprint density at radius 3 is 1.07 bits per heavy atom. The summed E-state index contributed by atoms with van der Waals surface area (Å²) in [5.41, 5.74) is 13.8. The van der Waals surface area contributed by atoms with Crippen LogP contribution in [0.3, 0.4) is 0 Å². The molecule has 0 saturated carbocycles. The average Bonchev–Trinajstić information content (AvgIpc) is 3.31. The van der Waals surface area contributed by atoms with Crippen molar-refractivity contribution in [2.24, 2.45) is 0 Å². The highest BCUT2D eigenvalue weighted by Gasteiger charge is 2.17. The van der Waals surface area contributed by atoms with E-state index in [1.807, 2.05) is 0 Å². The van der Waals surface area contributed by atoms with Crippen molar-refractivity contribution in [3.05, 3.63) is 243 Å². The molecule has 10 aromatic carbocycles. The zero-order chi connectivity index (χ0) is 38.7. The first-order valence-corrected chi connectivity index (χ1v) is 19.8. The Morgan fingerprint density at radius 2 is 0.569 bits per heavy atom. The summed E-state index contributed by atoms with van der Waals surface area (Å²) in [5, 5.41) is 4.88. The van der Waals surface area contributed by atoms with E-state index in [9.17, 15) is 0 Å². The molecule has 0 radical (unpaired) electrons. The molecule has 2 heteroatoms. The van der Waals surface area contributed by atoms with Gasteiger partial charge in [0.2, 0.25) is 0 Å². The van der Waals surface area contributed by atoms with E-state index in [4.69, 9.17) is 0 Å².